The Morgan fingerprint density at radius 1 is 1.12 bits per heavy atom. The number of esters is 1. The van der Waals surface area contributed by atoms with Crippen LogP contribution in [-0.2, 0) is 16.1 Å². The Kier molecular flexibility index (Phi) is 8.29. The number of nitrogens with one attached hydrogen (secondary N) is 1. The summed E-state index contributed by atoms with van der Waals surface area (Å²) in [7, 11) is 0. The molecular weight excluding hydrogens is 448 g/mol. The number of amides is 1. The van der Waals surface area contributed by atoms with E-state index >= 15 is 0 Å². The summed E-state index contributed by atoms with van der Waals surface area (Å²) in [6.07, 6.45) is 0. The maximum Gasteiger partial charge on any atom is 0.341 e. The van der Waals surface area contributed by atoms with E-state index in [1.54, 1.807) is 13.0 Å². The van der Waals surface area contributed by atoms with Crippen molar-refractivity contribution >= 4 is 40.0 Å². The van der Waals surface area contributed by atoms with Crippen molar-refractivity contribution in [2.75, 3.05) is 24.3 Å². The van der Waals surface area contributed by atoms with Gasteiger partial charge in [-0.25, -0.2) is 4.79 Å². The molecule has 10 heteroatoms. The molecule has 0 bridgehead atoms. The molecule has 0 saturated carbocycles. The van der Waals surface area contributed by atoms with E-state index in [9.17, 15) is 9.59 Å². The third-order valence-corrected chi connectivity index (χ3v) is 6.33. The van der Waals surface area contributed by atoms with E-state index in [1.165, 1.54) is 23.1 Å². The second kappa shape index (κ2) is 11.1. The zero-order valence-corrected chi connectivity index (χ0v) is 20.1. The largest absolute Gasteiger partial charge is 0.494 e. The minimum atomic E-state index is -0.439. The normalized spacial score (nSPS) is 10.8. The van der Waals surface area contributed by atoms with Crippen LogP contribution in [0.15, 0.2) is 35.5 Å². The van der Waals surface area contributed by atoms with Crippen LogP contribution in [0.2, 0.25) is 0 Å². The number of hydrogen-bond acceptors (Lipinski definition) is 8. The fourth-order valence-corrected chi connectivity index (χ4v) is 4.74. The van der Waals surface area contributed by atoms with Crippen LogP contribution in [0.3, 0.4) is 0 Å². The van der Waals surface area contributed by atoms with E-state index in [4.69, 9.17) is 9.47 Å². The van der Waals surface area contributed by atoms with Crippen molar-refractivity contribution in [2.45, 2.75) is 39.4 Å². The molecule has 0 spiro atoms. The van der Waals surface area contributed by atoms with Crippen LogP contribution in [0, 0.1) is 6.92 Å². The van der Waals surface area contributed by atoms with E-state index < -0.39 is 5.97 Å². The Bertz CT molecular complexity index is 1080. The fraction of sp³-hybridized carbons (Fsp3) is 0.364. The number of carbonyl (C=O) groups excluding carboxylic acids is 2. The Morgan fingerprint density at radius 3 is 2.53 bits per heavy atom. The molecule has 2 heterocycles. The molecule has 0 atom stereocenters. The number of anilines is 1. The van der Waals surface area contributed by atoms with Crippen molar-refractivity contribution in [1.29, 1.82) is 0 Å². The van der Waals surface area contributed by atoms with Crippen molar-refractivity contribution in [1.82, 2.24) is 14.8 Å². The SMILES string of the molecule is CCOC(=O)c1cc(C)sc1NC(=O)CSc1nnc(-c2ccc(OCC)cc2)n1CC. The molecule has 1 N–H and O–H groups in total. The highest BCUT2D eigenvalue weighted by Gasteiger charge is 2.19. The van der Waals surface area contributed by atoms with Crippen LogP contribution in [-0.4, -0.2) is 45.6 Å². The molecule has 0 aliphatic rings. The number of carbonyl (C=O) groups is 2. The number of rotatable bonds is 10. The Balaban J connectivity index is 1.67. The molecule has 0 fully saturated rings. The number of hydrogen-bond donors (Lipinski definition) is 1. The lowest BCUT2D eigenvalue weighted by molar-refractivity contribution is -0.113. The second-order valence-electron chi connectivity index (χ2n) is 6.67. The average molecular weight is 475 g/mol. The molecule has 3 rings (SSSR count). The molecule has 1 aromatic carbocycles. The number of nitrogens with zero attached hydrogens (tertiary/aromatic N) is 3. The molecule has 0 aliphatic carbocycles. The van der Waals surface area contributed by atoms with Crippen molar-refractivity contribution in [3.63, 3.8) is 0 Å². The molecule has 0 aliphatic heterocycles. The van der Waals surface area contributed by atoms with Crippen molar-refractivity contribution in [3.05, 3.63) is 40.8 Å². The fourth-order valence-electron chi connectivity index (χ4n) is 3.02. The van der Waals surface area contributed by atoms with Gasteiger partial charge in [-0.1, -0.05) is 11.8 Å². The van der Waals surface area contributed by atoms with Gasteiger partial charge in [0, 0.05) is 17.0 Å². The van der Waals surface area contributed by atoms with Gasteiger partial charge in [0.05, 0.1) is 24.5 Å². The number of aryl methyl sites for hydroxylation is 1. The first kappa shape index (κ1) is 23.8. The minimum Gasteiger partial charge on any atom is -0.494 e. The molecule has 0 saturated heterocycles. The Morgan fingerprint density at radius 2 is 1.88 bits per heavy atom. The highest BCUT2D eigenvalue weighted by molar-refractivity contribution is 7.99. The van der Waals surface area contributed by atoms with Gasteiger partial charge in [-0.15, -0.1) is 21.5 Å². The van der Waals surface area contributed by atoms with E-state index in [1.807, 2.05) is 49.6 Å². The summed E-state index contributed by atoms with van der Waals surface area (Å²) in [5.41, 5.74) is 1.30. The third-order valence-electron chi connectivity index (χ3n) is 4.39. The molecule has 170 valence electrons. The summed E-state index contributed by atoms with van der Waals surface area (Å²) in [5.74, 6) is 1.01. The van der Waals surface area contributed by atoms with Crippen molar-refractivity contribution < 1.29 is 19.1 Å². The topological polar surface area (TPSA) is 95.3 Å². The van der Waals surface area contributed by atoms with Gasteiger partial charge in [-0.2, -0.15) is 0 Å². The quantitative estimate of drug-likeness (QED) is 0.338. The molecule has 1 amide bonds. The van der Waals surface area contributed by atoms with Crippen LogP contribution in [0.5, 0.6) is 5.75 Å². The monoisotopic (exact) mass is 474 g/mol. The van der Waals surface area contributed by atoms with E-state index in [-0.39, 0.29) is 18.3 Å². The molecule has 3 aromatic rings. The summed E-state index contributed by atoms with van der Waals surface area (Å²) in [5, 5.41) is 12.6. The zero-order chi connectivity index (χ0) is 23.1. The van der Waals surface area contributed by atoms with Crippen molar-refractivity contribution in [2.24, 2.45) is 0 Å². The van der Waals surface area contributed by atoms with Crippen LogP contribution in [0.1, 0.15) is 36.0 Å². The summed E-state index contributed by atoms with van der Waals surface area (Å²) in [6, 6.07) is 9.41. The predicted molar refractivity (Wildman–Crippen MR) is 127 cm³/mol. The summed E-state index contributed by atoms with van der Waals surface area (Å²) in [4.78, 5) is 25.6. The summed E-state index contributed by atoms with van der Waals surface area (Å²) < 4.78 is 12.5. The van der Waals surface area contributed by atoms with Gasteiger partial charge in [-0.3, -0.25) is 4.79 Å². The highest BCUT2D eigenvalue weighted by atomic mass is 32.2. The number of thioether (sulfide) groups is 1. The molecule has 0 radical (unpaired) electrons. The van der Waals surface area contributed by atoms with Gasteiger partial charge >= 0.3 is 5.97 Å². The first-order valence-corrected chi connectivity index (χ1v) is 12.1. The predicted octanol–water partition coefficient (Wildman–Crippen LogP) is 4.64. The summed E-state index contributed by atoms with van der Waals surface area (Å²) in [6.45, 7) is 9.13. The maximum atomic E-state index is 12.6. The second-order valence-corrected chi connectivity index (χ2v) is 8.86. The lowest BCUT2D eigenvalue weighted by Gasteiger charge is -2.09. The lowest BCUT2D eigenvalue weighted by atomic mass is 10.2. The van der Waals surface area contributed by atoms with Gasteiger partial charge in [0.1, 0.15) is 10.8 Å². The highest BCUT2D eigenvalue weighted by Crippen LogP contribution is 2.29. The summed E-state index contributed by atoms with van der Waals surface area (Å²) >= 11 is 2.64. The molecule has 2 aromatic heterocycles. The van der Waals surface area contributed by atoms with E-state index in [0.717, 1.165) is 22.0 Å². The molecular formula is C22H26N4O4S2. The van der Waals surface area contributed by atoms with Gasteiger partial charge in [0.2, 0.25) is 5.91 Å². The van der Waals surface area contributed by atoms with E-state index in [2.05, 4.69) is 15.5 Å². The van der Waals surface area contributed by atoms with Crippen LogP contribution in [0.25, 0.3) is 11.4 Å². The zero-order valence-electron chi connectivity index (χ0n) is 18.5. The Hall–Kier alpha value is -2.85. The number of thiophene rings is 1. The lowest BCUT2D eigenvalue weighted by Crippen LogP contribution is -2.16. The minimum absolute atomic E-state index is 0.140. The standard InChI is InChI=1S/C22H26N4O4S2/c1-5-26-19(15-8-10-16(11-9-15)29-6-2)24-25-22(26)31-13-18(27)23-20-17(12-14(4)32-20)21(28)30-7-3/h8-12H,5-7,13H2,1-4H3,(H,23,27). The van der Waals surface area contributed by atoms with Gasteiger partial charge in [-0.05, 0) is 58.0 Å². The van der Waals surface area contributed by atoms with Crippen LogP contribution in [0.4, 0.5) is 5.00 Å². The van der Waals surface area contributed by atoms with Gasteiger partial charge < -0.3 is 19.4 Å². The van der Waals surface area contributed by atoms with Gasteiger partial charge in [0.25, 0.3) is 0 Å². The van der Waals surface area contributed by atoms with Crippen LogP contribution >= 0.6 is 23.1 Å². The number of aromatic nitrogens is 3. The van der Waals surface area contributed by atoms with Crippen LogP contribution < -0.4 is 10.1 Å². The molecule has 32 heavy (non-hydrogen) atoms. The van der Waals surface area contributed by atoms with Crippen molar-refractivity contribution in [3.8, 4) is 17.1 Å². The Labute approximate surface area is 195 Å². The maximum absolute atomic E-state index is 12.6. The third kappa shape index (κ3) is 5.68. The number of ether oxygens (including phenoxy) is 2. The average Bonchev–Trinajstić information content (AvgIpc) is 3.36. The van der Waals surface area contributed by atoms with Gasteiger partial charge in [0.15, 0.2) is 11.0 Å². The van der Waals surface area contributed by atoms with E-state index in [0.29, 0.717) is 28.9 Å². The molecule has 0 unspecified atom stereocenters. The smallest absolute Gasteiger partial charge is 0.341 e. The molecule has 8 nitrogen and oxygen atoms in total. The first-order chi connectivity index (χ1) is 15.5. The first-order valence-electron chi connectivity index (χ1n) is 10.3. The number of benzene rings is 1.